The van der Waals surface area contributed by atoms with Crippen molar-refractivity contribution < 1.29 is 5.11 Å². The van der Waals surface area contributed by atoms with Crippen molar-refractivity contribution in [2.45, 2.75) is 6.92 Å². The first-order chi connectivity index (χ1) is 5.74. The average Bonchev–Trinajstić information content (AvgIpc) is 2.11. The van der Waals surface area contributed by atoms with Crippen LogP contribution in [0.5, 0.6) is 0 Å². The molecule has 0 saturated heterocycles. The minimum absolute atomic E-state index is 0.142. The van der Waals surface area contributed by atoms with Crippen LogP contribution < -0.4 is 5.32 Å². The van der Waals surface area contributed by atoms with Crippen molar-refractivity contribution >= 4 is 11.6 Å². The van der Waals surface area contributed by atoms with E-state index in [2.05, 4.69) is 5.32 Å². The molecule has 0 bridgehead atoms. The third kappa shape index (κ3) is 5.35. The zero-order valence-electron chi connectivity index (χ0n) is 7.55. The maximum Gasteiger partial charge on any atom is 0.0506 e. The van der Waals surface area contributed by atoms with Gasteiger partial charge < -0.3 is 10.4 Å². The number of aliphatic hydroxyl groups is 1. The molecule has 0 radical (unpaired) electrons. The van der Waals surface area contributed by atoms with Crippen molar-refractivity contribution in [2.24, 2.45) is 5.92 Å². The second-order valence-electron chi connectivity index (χ2n) is 2.53. The predicted octanol–water partition coefficient (Wildman–Crippen LogP) is 1.51. The summed E-state index contributed by atoms with van der Waals surface area (Å²) in [5.74, 6) is 0.142. The van der Waals surface area contributed by atoms with E-state index in [-0.39, 0.29) is 12.5 Å². The Balaban J connectivity index is 3.91. The number of rotatable bonds is 5. The summed E-state index contributed by atoms with van der Waals surface area (Å²) >= 11 is 5.74. The third-order valence-corrected chi connectivity index (χ3v) is 1.85. The molecule has 3 heteroatoms. The fourth-order valence-electron chi connectivity index (χ4n) is 0.780. The molecule has 0 heterocycles. The Morgan fingerprint density at radius 3 is 2.75 bits per heavy atom. The lowest BCUT2D eigenvalue weighted by Gasteiger charge is -2.06. The molecular weight excluding hydrogens is 174 g/mol. The van der Waals surface area contributed by atoms with Crippen molar-refractivity contribution in [3.8, 4) is 0 Å². The van der Waals surface area contributed by atoms with Crippen LogP contribution in [0.25, 0.3) is 0 Å². The van der Waals surface area contributed by atoms with Gasteiger partial charge in [0, 0.05) is 17.5 Å². The van der Waals surface area contributed by atoms with Crippen molar-refractivity contribution in [1.29, 1.82) is 0 Å². The van der Waals surface area contributed by atoms with Crippen molar-refractivity contribution in [2.75, 3.05) is 20.2 Å². The average molecular weight is 190 g/mol. The molecule has 0 aliphatic carbocycles. The molecule has 1 atom stereocenters. The Bertz CT molecular complexity index is 166. The van der Waals surface area contributed by atoms with Gasteiger partial charge in [-0.25, -0.2) is 0 Å². The van der Waals surface area contributed by atoms with Crippen LogP contribution in [0.2, 0.25) is 0 Å². The Labute approximate surface area is 78.9 Å². The quantitative estimate of drug-likeness (QED) is 0.643. The maximum atomic E-state index is 8.89. The van der Waals surface area contributed by atoms with Crippen LogP contribution in [-0.2, 0) is 0 Å². The van der Waals surface area contributed by atoms with Crippen LogP contribution >= 0.6 is 11.6 Å². The first kappa shape index (κ1) is 11.7. The van der Waals surface area contributed by atoms with Gasteiger partial charge in [-0.05, 0) is 20.0 Å². The van der Waals surface area contributed by atoms with Gasteiger partial charge in [0.1, 0.15) is 0 Å². The van der Waals surface area contributed by atoms with Crippen LogP contribution in [0.4, 0.5) is 0 Å². The van der Waals surface area contributed by atoms with Gasteiger partial charge in [0.15, 0.2) is 0 Å². The van der Waals surface area contributed by atoms with E-state index in [1.165, 1.54) is 0 Å². The molecule has 0 aromatic carbocycles. The number of allylic oxidation sites excluding steroid dienone is 3. The van der Waals surface area contributed by atoms with E-state index in [0.29, 0.717) is 5.03 Å². The summed E-state index contributed by atoms with van der Waals surface area (Å²) in [5.41, 5.74) is 0. The second-order valence-corrected chi connectivity index (χ2v) is 2.97. The molecule has 0 aliphatic heterocycles. The number of hydrogen-bond acceptors (Lipinski definition) is 2. The van der Waals surface area contributed by atoms with Crippen LogP contribution in [-0.4, -0.2) is 25.3 Å². The first-order valence-electron chi connectivity index (χ1n) is 4.00. The first-order valence-corrected chi connectivity index (χ1v) is 4.37. The SMILES string of the molecule is C/C=C(Cl)\C=C/C(CO)CNC. The normalized spacial score (nSPS) is 15.5. The van der Waals surface area contributed by atoms with E-state index < -0.39 is 0 Å². The number of halogens is 1. The van der Waals surface area contributed by atoms with Crippen LogP contribution in [0.1, 0.15) is 6.92 Å². The highest BCUT2D eigenvalue weighted by Crippen LogP contribution is 2.05. The molecule has 0 aliphatic rings. The number of hydrogen-bond donors (Lipinski definition) is 2. The Hall–Kier alpha value is -0.310. The zero-order valence-corrected chi connectivity index (χ0v) is 8.30. The van der Waals surface area contributed by atoms with Gasteiger partial charge in [-0.1, -0.05) is 23.8 Å². The molecule has 70 valence electrons. The van der Waals surface area contributed by atoms with E-state index in [1.807, 2.05) is 26.1 Å². The summed E-state index contributed by atoms with van der Waals surface area (Å²) in [6.45, 7) is 2.78. The van der Waals surface area contributed by atoms with Crippen LogP contribution in [0.3, 0.4) is 0 Å². The van der Waals surface area contributed by atoms with E-state index in [4.69, 9.17) is 16.7 Å². The zero-order chi connectivity index (χ0) is 9.40. The van der Waals surface area contributed by atoms with E-state index in [9.17, 15) is 0 Å². The molecule has 0 fully saturated rings. The third-order valence-electron chi connectivity index (χ3n) is 1.50. The lowest BCUT2D eigenvalue weighted by molar-refractivity contribution is 0.251. The van der Waals surface area contributed by atoms with E-state index in [1.54, 1.807) is 6.08 Å². The monoisotopic (exact) mass is 189 g/mol. The molecule has 0 saturated carbocycles. The highest BCUT2D eigenvalue weighted by atomic mass is 35.5. The van der Waals surface area contributed by atoms with Gasteiger partial charge >= 0.3 is 0 Å². The molecule has 0 amide bonds. The van der Waals surface area contributed by atoms with E-state index >= 15 is 0 Å². The summed E-state index contributed by atoms with van der Waals surface area (Å²) in [7, 11) is 1.85. The van der Waals surface area contributed by atoms with Gasteiger partial charge in [0.2, 0.25) is 0 Å². The largest absolute Gasteiger partial charge is 0.396 e. The molecule has 0 rings (SSSR count). The lowest BCUT2D eigenvalue weighted by Crippen LogP contribution is -2.19. The molecule has 0 aromatic rings. The highest BCUT2D eigenvalue weighted by Gasteiger charge is 1.99. The van der Waals surface area contributed by atoms with Gasteiger partial charge in [0.25, 0.3) is 0 Å². The van der Waals surface area contributed by atoms with Crippen LogP contribution in [0, 0.1) is 5.92 Å². The van der Waals surface area contributed by atoms with Crippen molar-refractivity contribution in [3.05, 3.63) is 23.3 Å². The molecule has 2 N–H and O–H groups in total. The highest BCUT2D eigenvalue weighted by molar-refractivity contribution is 6.31. The summed E-state index contributed by atoms with van der Waals surface area (Å²) in [6.07, 6.45) is 5.52. The molecule has 2 nitrogen and oxygen atoms in total. The molecule has 0 aromatic heterocycles. The van der Waals surface area contributed by atoms with Crippen molar-refractivity contribution in [3.63, 3.8) is 0 Å². The summed E-state index contributed by atoms with van der Waals surface area (Å²) < 4.78 is 0. The summed E-state index contributed by atoms with van der Waals surface area (Å²) in [4.78, 5) is 0. The minimum Gasteiger partial charge on any atom is -0.396 e. The smallest absolute Gasteiger partial charge is 0.0506 e. The molecule has 12 heavy (non-hydrogen) atoms. The Morgan fingerprint density at radius 1 is 1.67 bits per heavy atom. The Morgan fingerprint density at radius 2 is 2.33 bits per heavy atom. The lowest BCUT2D eigenvalue weighted by atomic mass is 10.1. The fraction of sp³-hybridized carbons (Fsp3) is 0.556. The maximum absolute atomic E-state index is 8.89. The minimum atomic E-state index is 0.142. The number of nitrogens with one attached hydrogen (secondary N) is 1. The standard InChI is InChI=1S/C9H16ClNO/c1-3-9(10)5-4-8(7-12)6-11-2/h3-5,8,11-12H,6-7H2,1-2H3/b5-4-,9-3+. The topological polar surface area (TPSA) is 32.3 Å². The summed E-state index contributed by atoms with van der Waals surface area (Å²) in [5, 5.41) is 12.6. The van der Waals surface area contributed by atoms with Gasteiger partial charge in [-0.15, -0.1) is 0 Å². The molecular formula is C9H16ClNO. The van der Waals surface area contributed by atoms with Crippen LogP contribution in [0.15, 0.2) is 23.3 Å². The van der Waals surface area contributed by atoms with Gasteiger partial charge in [-0.2, -0.15) is 0 Å². The van der Waals surface area contributed by atoms with E-state index in [0.717, 1.165) is 6.54 Å². The second kappa shape index (κ2) is 7.35. The van der Waals surface area contributed by atoms with Gasteiger partial charge in [0.05, 0.1) is 6.61 Å². The Kier molecular flexibility index (Phi) is 7.16. The van der Waals surface area contributed by atoms with Crippen molar-refractivity contribution in [1.82, 2.24) is 5.32 Å². The molecule has 1 unspecified atom stereocenters. The van der Waals surface area contributed by atoms with Gasteiger partial charge in [-0.3, -0.25) is 0 Å². The molecule has 0 spiro atoms. The number of aliphatic hydroxyl groups excluding tert-OH is 1. The fourth-order valence-corrected chi connectivity index (χ4v) is 0.853. The summed E-state index contributed by atoms with van der Waals surface area (Å²) in [6, 6.07) is 0. The predicted molar refractivity (Wildman–Crippen MR) is 53.3 cm³/mol.